The van der Waals surface area contributed by atoms with Crippen LogP contribution in [0, 0.1) is 0 Å². The maximum absolute atomic E-state index is 12.8. The molecule has 0 saturated carbocycles. The van der Waals surface area contributed by atoms with Gasteiger partial charge in [-0.1, -0.05) is 19.1 Å². The van der Waals surface area contributed by atoms with Crippen molar-refractivity contribution in [3.63, 3.8) is 0 Å². The van der Waals surface area contributed by atoms with E-state index in [1.54, 1.807) is 17.5 Å². The normalized spacial score (nSPS) is 17.3. The first-order valence-corrected chi connectivity index (χ1v) is 9.53. The van der Waals surface area contributed by atoms with Gasteiger partial charge in [-0.2, -0.15) is 5.10 Å². The molecule has 3 aromatic rings. The monoisotopic (exact) mass is 355 g/mol. The van der Waals surface area contributed by atoms with Crippen LogP contribution in [0.15, 0.2) is 36.5 Å². The van der Waals surface area contributed by atoms with Gasteiger partial charge in [0.1, 0.15) is 10.8 Å². The highest BCUT2D eigenvalue weighted by atomic mass is 32.1. The molecule has 3 heterocycles. The van der Waals surface area contributed by atoms with Gasteiger partial charge in [-0.25, -0.2) is 14.5 Å². The van der Waals surface area contributed by atoms with Gasteiger partial charge in [-0.05, 0) is 31.4 Å². The van der Waals surface area contributed by atoms with Crippen molar-refractivity contribution in [2.75, 3.05) is 11.9 Å². The van der Waals surface area contributed by atoms with Crippen molar-refractivity contribution >= 4 is 33.4 Å². The molecule has 130 valence electrons. The predicted octanol–water partition coefficient (Wildman–Crippen LogP) is 4.27. The van der Waals surface area contributed by atoms with Crippen LogP contribution < -0.4 is 5.32 Å². The number of aryl methyl sites for hydroxylation is 1. The predicted molar refractivity (Wildman–Crippen MR) is 99.8 cm³/mol. The van der Waals surface area contributed by atoms with E-state index < -0.39 is 0 Å². The Morgan fingerprint density at radius 3 is 3.08 bits per heavy atom. The Morgan fingerprint density at radius 1 is 1.36 bits per heavy atom. The lowest BCUT2D eigenvalue weighted by Crippen LogP contribution is -2.35. The minimum Gasteiger partial charge on any atom is -0.315 e. The summed E-state index contributed by atoms with van der Waals surface area (Å²) in [6.07, 6.45) is 4.66. The molecule has 1 aliphatic rings. The molecule has 0 unspecified atom stereocenters. The van der Waals surface area contributed by atoms with Gasteiger partial charge in [0.25, 0.3) is 0 Å². The molecule has 0 aliphatic carbocycles. The molecule has 1 N–H and O–H groups in total. The summed E-state index contributed by atoms with van der Waals surface area (Å²) in [7, 11) is 0. The molecular weight excluding hydrogens is 334 g/mol. The number of rotatable bonds is 4. The van der Waals surface area contributed by atoms with Crippen LogP contribution in [0.3, 0.4) is 0 Å². The summed E-state index contributed by atoms with van der Waals surface area (Å²) in [5.74, 6) is 0.752. The summed E-state index contributed by atoms with van der Waals surface area (Å²) in [6.45, 7) is 3.65. The summed E-state index contributed by atoms with van der Waals surface area (Å²) < 4.78 is 3.01. The van der Waals surface area contributed by atoms with Gasteiger partial charge >= 0.3 is 6.03 Å². The Bertz CT molecular complexity index is 853. The topological polar surface area (TPSA) is 63.1 Å². The van der Waals surface area contributed by atoms with Crippen molar-refractivity contribution in [3.8, 4) is 0 Å². The molecular formula is C18H21N5OS. The molecule has 2 aromatic heterocycles. The first-order valence-electron chi connectivity index (χ1n) is 8.71. The first-order chi connectivity index (χ1) is 12.3. The molecule has 0 radical (unpaired) electrons. The Morgan fingerprint density at radius 2 is 2.24 bits per heavy atom. The van der Waals surface area contributed by atoms with Crippen molar-refractivity contribution in [2.45, 2.75) is 38.8 Å². The van der Waals surface area contributed by atoms with E-state index in [0.717, 1.165) is 48.7 Å². The lowest BCUT2D eigenvalue weighted by molar-refractivity contribution is 0.206. The van der Waals surface area contributed by atoms with Gasteiger partial charge < -0.3 is 4.90 Å². The summed E-state index contributed by atoms with van der Waals surface area (Å²) in [5.41, 5.74) is 1.01. The van der Waals surface area contributed by atoms with E-state index in [1.807, 2.05) is 33.8 Å². The molecule has 0 spiro atoms. The minimum atomic E-state index is -0.0698. The molecule has 1 aromatic carbocycles. The van der Waals surface area contributed by atoms with E-state index in [4.69, 9.17) is 4.98 Å². The standard InChI is InChI=1S/C18H21N5OS/c1-2-11-23-16(9-10-19-23)21-18(24)22-12-5-7-14(22)17-20-13-6-3-4-8-15(13)25-17/h3-4,6,8-10,14H,2,5,7,11-12H2,1H3,(H,21,24)/t14-/m1/s1. The number of thiazole rings is 1. The lowest BCUT2D eigenvalue weighted by atomic mass is 10.2. The molecule has 6 nitrogen and oxygen atoms in total. The van der Waals surface area contributed by atoms with E-state index in [2.05, 4.69) is 23.4 Å². The lowest BCUT2D eigenvalue weighted by Gasteiger charge is -2.23. The summed E-state index contributed by atoms with van der Waals surface area (Å²) >= 11 is 1.68. The quantitative estimate of drug-likeness (QED) is 0.760. The number of hydrogen-bond donors (Lipinski definition) is 1. The highest BCUT2D eigenvalue weighted by molar-refractivity contribution is 7.18. The Balaban J connectivity index is 1.54. The van der Waals surface area contributed by atoms with Gasteiger partial charge in [0.15, 0.2) is 0 Å². The zero-order valence-electron chi connectivity index (χ0n) is 14.2. The Hall–Kier alpha value is -2.41. The molecule has 7 heteroatoms. The zero-order valence-corrected chi connectivity index (χ0v) is 15.0. The van der Waals surface area contributed by atoms with Crippen LogP contribution in [0.1, 0.15) is 37.2 Å². The second-order valence-electron chi connectivity index (χ2n) is 6.24. The van der Waals surface area contributed by atoms with Crippen LogP contribution in [0.5, 0.6) is 0 Å². The van der Waals surface area contributed by atoms with Gasteiger partial charge in [0, 0.05) is 19.2 Å². The van der Waals surface area contributed by atoms with Crippen LogP contribution in [-0.4, -0.2) is 32.2 Å². The second-order valence-corrected chi connectivity index (χ2v) is 7.30. The van der Waals surface area contributed by atoms with E-state index in [0.29, 0.717) is 0 Å². The van der Waals surface area contributed by atoms with Crippen molar-refractivity contribution < 1.29 is 4.79 Å². The van der Waals surface area contributed by atoms with E-state index >= 15 is 0 Å². The number of carbonyl (C=O) groups is 1. The van der Waals surface area contributed by atoms with E-state index in [9.17, 15) is 4.79 Å². The maximum Gasteiger partial charge on any atom is 0.323 e. The number of carbonyl (C=O) groups excluding carboxylic acids is 1. The molecule has 25 heavy (non-hydrogen) atoms. The third-order valence-corrected chi connectivity index (χ3v) is 5.63. The van der Waals surface area contributed by atoms with Crippen molar-refractivity contribution in [3.05, 3.63) is 41.5 Å². The number of nitrogens with one attached hydrogen (secondary N) is 1. The fourth-order valence-corrected chi connectivity index (χ4v) is 4.42. The van der Waals surface area contributed by atoms with Crippen molar-refractivity contribution in [2.24, 2.45) is 0 Å². The fourth-order valence-electron chi connectivity index (χ4n) is 3.31. The van der Waals surface area contributed by atoms with Crippen LogP contribution in [0.25, 0.3) is 10.2 Å². The number of anilines is 1. The third kappa shape index (κ3) is 3.11. The molecule has 1 fully saturated rings. The van der Waals surface area contributed by atoms with Gasteiger partial charge in [0.05, 0.1) is 22.5 Å². The van der Waals surface area contributed by atoms with E-state index in [1.165, 1.54) is 4.70 Å². The molecule has 2 amide bonds. The SMILES string of the molecule is CCCn1nccc1NC(=O)N1CCC[C@@H]1c1nc2ccccc2s1. The molecule has 1 saturated heterocycles. The average molecular weight is 355 g/mol. The second kappa shape index (κ2) is 6.84. The third-order valence-electron chi connectivity index (χ3n) is 4.50. The number of amides is 2. The van der Waals surface area contributed by atoms with Gasteiger partial charge in [0.2, 0.25) is 0 Å². The largest absolute Gasteiger partial charge is 0.323 e. The number of benzene rings is 1. The fraction of sp³-hybridized carbons (Fsp3) is 0.389. The highest BCUT2D eigenvalue weighted by Gasteiger charge is 2.32. The average Bonchev–Trinajstić information content (AvgIpc) is 3.34. The number of urea groups is 1. The maximum atomic E-state index is 12.8. The van der Waals surface area contributed by atoms with Crippen LogP contribution in [0.2, 0.25) is 0 Å². The number of para-hydroxylation sites is 1. The minimum absolute atomic E-state index is 0.0555. The molecule has 1 aliphatic heterocycles. The number of hydrogen-bond acceptors (Lipinski definition) is 4. The Kier molecular flexibility index (Phi) is 4.40. The summed E-state index contributed by atoms with van der Waals surface area (Å²) in [6, 6.07) is 9.96. The van der Waals surface area contributed by atoms with E-state index in [-0.39, 0.29) is 12.1 Å². The molecule has 1 atom stereocenters. The molecule has 0 bridgehead atoms. The highest BCUT2D eigenvalue weighted by Crippen LogP contribution is 2.36. The number of nitrogens with zero attached hydrogens (tertiary/aromatic N) is 4. The summed E-state index contributed by atoms with van der Waals surface area (Å²) in [5, 5.41) is 8.30. The first kappa shape index (κ1) is 16.1. The van der Waals surface area contributed by atoms with Crippen molar-refractivity contribution in [1.29, 1.82) is 0 Å². The zero-order chi connectivity index (χ0) is 17.2. The van der Waals surface area contributed by atoms with Crippen LogP contribution in [0.4, 0.5) is 10.6 Å². The Labute approximate surface area is 150 Å². The van der Waals surface area contributed by atoms with Crippen LogP contribution in [-0.2, 0) is 6.54 Å². The summed E-state index contributed by atoms with van der Waals surface area (Å²) in [4.78, 5) is 19.5. The number of likely N-dealkylation sites (tertiary alicyclic amines) is 1. The van der Waals surface area contributed by atoms with Crippen LogP contribution >= 0.6 is 11.3 Å². The molecule has 4 rings (SSSR count). The van der Waals surface area contributed by atoms with Gasteiger partial charge in [-0.15, -0.1) is 11.3 Å². The number of aromatic nitrogens is 3. The smallest absolute Gasteiger partial charge is 0.315 e. The number of fused-ring (bicyclic) bond motifs is 1. The van der Waals surface area contributed by atoms with Crippen molar-refractivity contribution in [1.82, 2.24) is 19.7 Å². The van der Waals surface area contributed by atoms with Gasteiger partial charge in [-0.3, -0.25) is 5.32 Å².